The second-order valence-electron chi connectivity index (χ2n) is 24.4. The van der Waals surface area contributed by atoms with Crippen molar-refractivity contribution in [3.8, 4) is 0 Å². The van der Waals surface area contributed by atoms with E-state index in [1.165, 1.54) is 46.5 Å². The number of hydrogen-bond donors (Lipinski definition) is 7. The van der Waals surface area contributed by atoms with Crippen molar-refractivity contribution in [2.24, 2.45) is 43.8 Å². The van der Waals surface area contributed by atoms with Gasteiger partial charge in [0.15, 0.2) is 0 Å². The summed E-state index contributed by atoms with van der Waals surface area (Å²) in [7, 11) is 0. The minimum Gasteiger partial charge on any atom is -0.513 e. The molecule has 0 aliphatic rings. The van der Waals surface area contributed by atoms with Crippen molar-refractivity contribution >= 4 is 0 Å². The quantitative estimate of drug-likeness (QED) is 0.0357. The number of rotatable bonds is 25. The summed E-state index contributed by atoms with van der Waals surface area (Å²) in [4.78, 5) is 0. The van der Waals surface area contributed by atoms with E-state index >= 15 is 0 Å². The number of hydrogen-bond acceptors (Lipinski definition) is 7. The highest BCUT2D eigenvalue weighted by molar-refractivity contribution is 4.93. The number of alkyl halides is 7. The first kappa shape index (κ1) is 83.3. The molecule has 0 spiro atoms. The Morgan fingerprint density at radius 1 is 0.384 bits per heavy atom. The molecule has 0 bridgehead atoms. The van der Waals surface area contributed by atoms with Gasteiger partial charge in [-0.25, -0.2) is 17.6 Å². The van der Waals surface area contributed by atoms with Gasteiger partial charge in [0.1, 0.15) is 0 Å². The van der Waals surface area contributed by atoms with Gasteiger partial charge in [-0.05, 0) is 46.8 Å². The van der Waals surface area contributed by atoms with Crippen molar-refractivity contribution in [3.05, 3.63) is 86.4 Å². The van der Waals surface area contributed by atoms with Gasteiger partial charge < -0.3 is 35.7 Å². The maximum absolute atomic E-state index is 12.5. The fraction of sp³-hybridized carbons (Fsp3) is 0.763. The van der Waals surface area contributed by atoms with Crippen molar-refractivity contribution in [1.29, 1.82) is 0 Å². The van der Waals surface area contributed by atoms with E-state index in [1.54, 1.807) is 0 Å². The van der Waals surface area contributed by atoms with E-state index in [1.807, 2.05) is 6.92 Å². The molecular weight excluding hydrogens is 954 g/mol. The molecule has 0 heterocycles. The fourth-order valence-corrected chi connectivity index (χ4v) is 6.55. The van der Waals surface area contributed by atoms with Crippen molar-refractivity contribution in [2.45, 2.75) is 247 Å². The third-order valence-corrected chi connectivity index (χ3v) is 12.0. The second-order valence-corrected chi connectivity index (χ2v) is 24.4. The lowest BCUT2D eigenvalue weighted by atomic mass is 9.78. The zero-order chi connectivity index (χ0) is 60.4. The van der Waals surface area contributed by atoms with Gasteiger partial charge in [0.2, 0.25) is 12.9 Å². The van der Waals surface area contributed by atoms with Crippen LogP contribution in [-0.2, 0) is 0 Å². The molecule has 438 valence electrons. The molecule has 14 heteroatoms. The maximum atomic E-state index is 12.5. The summed E-state index contributed by atoms with van der Waals surface area (Å²) in [6.45, 7) is 59.4. The largest absolute Gasteiger partial charge is 0.513 e. The molecule has 0 saturated heterocycles. The summed E-state index contributed by atoms with van der Waals surface area (Å²) in [5, 5.41) is 61.7. The molecule has 0 aliphatic carbocycles. The summed E-state index contributed by atoms with van der Waals surface area (Å²) >= 11 is 0. The highest BCUT2D eigenvalue weighted by atomic mass is 19.4. The molecule has 73 heavy (non-hydrogen) atoms. The van der Waals surface area contributed by atoms with Crippen molar-refractivity contribution in [2.75, 3.05) is 0 Å². The third kappa shape index (κ3) is 54.4. The predicted octanol–water partition coefficient (Wildman–Crippen LogP) is 22.2. The third-order valence-electron chi connectivity index (χ3n) is 12.0. The van der Waals surface area contributed by atoms with Crippen LogP contribution in [-0.4, -0.2) is 54.8 Å². The second kappa shape index (κ2) is 38.8. The molecule has 0 aromatic rings. The number of aliphatic hydroxyl groups is 7. The molecule has 7 N–H and O–H groups in total. The highest BCUT2D eigenvalue weighted by Gasteiger charge is 2.47. The molecule has 7 nitrogen and oxygen atoms in total. The molecule has 0 aromatic carbocycles. The zero-order valence-corrected chi connectivity index (χ0v) is 49.6. The van der Waals surface area contributed by atoms with Crippen molar-refractivity contribution in [1.82, 2.24) is 0 Å². The Labute approximate surface area is 442 Å². The zero-order valence-electron chi connectivity index (χ0n) is 49.6. The van der Waals surface area contributed by atoms with Gasteiger partial charge in [-0.2, -0.15) is 13.2 Å². The minimum atomic E-state index is -4.29. The van der Waals surface area contributed by atoms with Crippen LogP contribution in [0.15, 0.2) is 86.4 Å². The summed E-state index contributed by atoms with van der Waals surface area (Å²) in [6, 6.07) is 0. The van der Waals surface area contributed by atoms with Crippen LogP contribution in [0.25, 0.3) is 0 Å². The van der Waals surface area contributed by atoms with Crippen LogP contribution >= 0.6 is 0 Å². The van der Waals surface area contributed by atoms with Gasteiger partial charge in [0, 0.05) is 55.8 Å². The summed E-state index contributed by atoms with van der Waals surface area (Å²) in [5.41, 5.74) is -3.33. The standard InChI is InChI=1S/C10H20O.C9H16F2O.2C9H18O.C8H16O.C7H11F3O.C7H12F2O/c1-5-6-7-10(3,4)8-9(2)11;1-4-5-9(3,8(10)11)6-7(2)12;1-7(2)9(4,5)6-8(3)10;1-5-6-9(3,4)7-8(2)10;1-5-8(3,4)6-7(2)9;1-5(11)4-6(2,3)7(8,9)10;1-5(10)4-7(2,3)6(8)9/h11H,2,5-8H2,1,3-4H3;8,12H,2,4-6H2,1,3H3;7,10H,3,6H2,1-2,4-5H3;10H,2,5-7H2,1,3-4H3;9H,2,5-6H2,1,3-4H3;11H,1,4H2,2-3H3;6,10H,1,4H2,2-3H3. The van der Waals surface area contributed by atoms with Crippen LogP contribution in [0, 0.1) is 43.8 Å². The molecule has 0 saturated carbocycles. The maximum Gasteiger partial charge on any atom is 0.394 e. The molecule has 0 aromatic heterocycles. The van der Waals surface area contributed by atoms with Crippen LogP contribution in [0.1, 0.15) is 228 Å². The topological polar surface area (TPSA) is 142 Å². The number of unbranched alkanes of at least 4 members (excludes halogenated alkanes) is 1. The molecule has 0 fully saturated rings. The number of halogens is 7. The van der Waals surface area contributed by atoms with E-state index in [4.69, 9.17) is 35.7 Å². The van der Waals surface area contributed by atoms with Crippen LogP contribution in [0.5, 0.6) is 0 Å². The average molecular weight is 1070 g/mol. The Morgan fingerprint density at radius 2 is 0.685 bits per heavy atom. The Morgan fingerprint density at radius 3 is 0.863 bits per heavy atom. The number of aliphatic hydroxyl groups excluding tert-OH is 7. The normalized spacial score (nSPS) is 12.7. The Hall–Kier alpha value is -3.71. The molecule has 1 atom stereocenters. The van der Waals surface area contributed by atoms with E-state index in [9.17, 15) is 30.7 Å². The van der Waals surface area contributed by atoms with E-state index in [0.29, 0.717) is 54.6 Å². The Balaban J connectivity index is -0.000000139. The lowest BCUT2D eigenvalue weighted by Crippen LogP contribution is -2.32. The van der Waals surface area contributed by atoms with Gasteiger partial charge in [-0.3, -0.25) is 0 Å². The van der Waals surface area contributed by atoms with E-state index in [-0.39, 0.29) is 46.0 Å². The Bertz CT molecular complexity index is 1520. The number of allylic oxidation sites excluding steroid dienone is 7. The fourth-order valence-electron chi connectivity index (χ4n) is 6.55. The first-order valence-electron chi connectivity index (χ1n) is 25.4. The average Bonchev–Trinajstić information content (AvgIpc) is 3.12. The van der Waals surface area contributed by atoms with Gasteiger partial charge in [0.25, 0.3) is 0 Å². The van der Waals surface area contributed by atoms with Crippen molar-refractivity contribution in [3.63, 3.8) is 0 Å². The lowest BCUT2D eigenvalue weighted by Gasteiger charge is -2.28. The molecule has 0 radical (unpaired) electrons. The van der Waals surface area contributed by atoms with Gasteiger partial charge >= 0.3 is 6.18 Å². The summed E-state index contributed by atoms with van der Waals surface area (Å²) in [5.74, 6) is 0.991. The molecule has 0 rings (SSSR count). The Kier molecular flexibility index (Phi) is 44.2. The summed E-state index contributed by atoms with van der Waals surface area (Å²) < 4.78 is 85.1. The van der Waals surface area contributed by atoms with Gasteiger partial charge in [0.05, 0.1) is 45.7 Å². The smallest absolute Gasteiger partial charge is 0.394 e. The van der Waals surface area contributed by atoms with Crippen molar-refractivity contribution < 1.29 is 66.5 Å². The lowest BCUT2D eigenvalue weighted by molar-refractivity contribution is -0.212. The monoisotopic (exact) mass is 1060 g/mol. The predicted molar refractivity (Wildman–Crippen MR) is 298 cm³/mol. The van der Waals surface area contributed by atoms with Gasteiger partial charge in [-0.15, -0.1) is 0 Å². The van der Waals surface area contributed by atoms with Crippen LogP contribution in [0.2, 0.25) is 0 Å². The van der Waals surface area contributed by atoms with E-state index < -0.39 is 47.5 Å². The van der Waals surface area contributed by atoms with Crippen LogP contribution in [0.3, 0.4) is 0 Å². The highest BCUT2D eigenvalue weighted by Crippen LogP contribution is 2.42. The first-order valence-corrected chi connectivity index (χ1v) is 25.4. The van der Waals surface area contributed by atoms with Crippen LogP contribution in [0.4, 0.5) is 30.7 Å². The molecular formula is C59H111F7O7. The molecule has 1 unspecified atom stereocenters. The summed E-state index contributed by atoms with van der Waals surface area (Å²) in [6.07, 6.45) is 1.35. The SMILES string of the molecule is C=C(O)CC(C)(C)C(C)C.C=C(O)CC(C)(C)C(F)(F)F.C=C(O)CC(C)(C)C(F)F.C=C(O)CC(C)(C)CC.C=C(O)CC(C)(C)CCC.C=C(O)CC(C)(C)CCCC.C=C(O)CC(C)(CCC)C(F)F. The molecule has 0 aliphatic heterocycles. The minimum absolute atomic E-state index is 0.0154. The van der Waals surface area contributed by atoms with Gasteiger partial charge in [-0.1, -0.05) is 210 Å². The molecule has 0 amide bonds. The van der Waals surface area contributed by atoms with Crippen LogP contribution < -0.4 is 0 Å². The first-order chi connectivity index (χ1) is 32.2. The van der Waals surface area contributed by atoms with E-state index in [0.717, 1.165) is 39.5 Å². The van der Waals surface area contributed by atoms with E-state index in [2.05, 4.69) is 136 Å².